The van der Waals surface area contributed by atoms with Crippen molar-refractivity contribution >= 4 is 23.4 Å². The van der Waals surface area contributed by atoms with Gasteiger partial charge in [0.15, 0.2) is 5.16 Å². The minimum Gasteiger partial charge on any atom is -0.384 e. The number of anilines is 2. The average molecular weight is 236 g/mol. The highest BCUT2D eigenvalue weighted by atomic mass is 32.2. The first-order valence-corrected chi connectivity index (χ1v) is 5.07. The molecule has 2 heterocycles. The van der Waals surface area contributed by atoms with E-state index in [1.165, 1.54) is 12.4 Å². The van der Waals surface area contributed by atoms with E-state index >= 15 is 0 Å². The Labute approximate surface area is 94.3 Å². The van der Waals surface area contributed by atoms with Crippen molar-refractivity contribution in [1.82, 2.24) is 19.9 Å². The highest BCUT2D eigenvalue weighted by Gasteiger charge is 2.03. The van der Waals surface area contributed by atoms with Gasteiger partial charge in [-0.15, -0.1) is 0 Å². The van der Waals surface area contributed by atoms with Crippen LogP contribution < -0.4 is 17.0 Å². The number of nitrogens with one attached hydrogen (secondary N) is 1. The van der Waals surface area contributed by atoms with Crippen molar-refractivity contribution in [3.63, 3.8) is 0 Å². The lowest BCUT2D eigenvalue weighted by Gasteiger charge is -2.00. The number of hydrogen-bond donors (Lipinski definition) is 3. The minimum atomic E-state index is -0.308. The summed E-state index contributed by atoms with van der Waals surface area (Å²) in [6.45, 7) is 0. The standard InChI is InChI=1S/C8H8N6OS/c9-4-2-7(12-3-11-4)16-8-13-5(10)1-6(15)14-8/h1-3H,(H2,9,11,12)(H3,10,13,14,15). The Balaban J connectivity index is 2.30. The molecule has 0 unspecified atom stereocenters. The van der Waals surface area contributed by atoms with Crippen molar-refractivity contribution in [3.05, 3.63) is 28.8 Å². The molecule has 2 aromatic rings. The third-order valence-corrected chi connectivity index (χ3v) is 2.42. The van der Waals surface area contributed by atoms with Gasteiger partial charge in [-0.25, -0.2) is 15.0 Å². The summed E-state index contributed by atoms with van der Waals surface area (Å²) >= 11 is 1.15. The van der Waals surface area contributed by atoms with Crippen LogP contribution in [0.1, 0.15) is 0 Å². The first kappa shape index (κ1) is 10.4. The molecule has 7 nitrogen and oxygen atoms in total. The van der Waals surface area contributed by atoms with Gasteiger partial charge in [0.1, 0.15) is 23.0 Å². The second-order valence-electron chi connectivity index (χ2n) is 2.86. The lowest BCUT2D eigenvalue weighted by atomic mass is 10.6. The summed E-state index contributed by atoms with van der Waals surface area (Å²) in [5.41, 5.74) is 10.6. The van der Waals surface area contributed by atoms with Gasteiger partial charge in [0.2, 0.25) is 0 Å². The van der Waals surface area contributed by atoms with E-state index < -0.39 is 0 Å². The summed E-state index contributed by atoms with van der Waals surface area (Å²) in [5, 5.41) is 0.948. The quantitative estimate of drug-likeness (QED) is 0.490. The first-order valence-electron chi connectivity index (χ1n) is 4.26. The number of nitrogen functional groups attached to an aromatic ring is 2. The van der Waals surface area contributed by atoms with Crippen LogP contribution in [0, 0.1) is 0 Å². The average Bonchev–Trinajstić information content (AvgIpc) is 2.15. The van der Waals surface area contributed by atoms with Crippen LogP contribution in [0.25, 0.3) is 0 Å². The van der Waals surface area contributed by atoms with Crippen LogP contribution in [0.5, 0.6) is 0 Å². The van der Waals surface area contributed by atoms with Crippen LogP contribution in [0.15, 0.2) is 33.4 Å². The van der Waals surface area contributed by atoms with Crippen LogP contribution in [-0.4, -0.2) is 19.9 Å². The molecule has 0 spiro atoms. The summed E-state index contributed by atoms with van der Waals surface area (Å²) in [7, 11) is 0. The lowest BCUT2D eigenvalue weighted by molar-refractivity contribution is 0.937. The summed E-state index contributed by atoms with van der Waals surface area (Å²) in [5.74, 6) is 0.511. The number of hydrogen-bond acceptors (Lipinski definition) is 7. The van der Waals surface area contributed by atoms with E-state index in [-0.39, 0.29) is 11.4 Å². The number of rotatable bonds is 2. The van der Waals surface area contributed by atoms with Crippen molar-refractivity contribution in [1.29, 1.82) is 0 Å². The molecule has 0 aliphatic rings. The van der Waals surface area contributed by atoms with Gasteiger partial charge in [-0.2, -0.15) is 0 Å². The molecular formula is C8H8N6OS. The topological polar surface area (TPSA) is 124 Å². The van der Waals surface area contributed by atoms with Crippen LogP contribution in [-0.2, 0) is 0 Å². The van der Waals surface area contributed by atoms with Crippen LogP contribution >= 0.6 is 11.8 Å². The summed E-state index contributed by atoms with van der Waals surface area (Å²) in [4.78, 5) is 25.3. The molecule has 0 fully saturated rings. The molecule has 5 N–H and O–H groups in total. The van der Waals surface area contributed by atoms with Crippen LogP contribution in [0.3, 0.4) is 0 Å². The summed E-state index contributed by atoms with van der Waals surface area (Å²) < 4.78 is 0. The second-order valence-corrected chi connectivity index (χ2v) is 3.87. The fraction of sp³-hybridized carbons (Fsp3) is 0. The van der Waals surface area contributed by atoms with E-state index in [9.17, 15) is 4.79 Å². The number of nitrogens with two attached hydrogens (primary N) is 2. The molecule has 0 atom stereocenters. The Kier molecular flexibility index (Phi) is 2.73. The summed E-state index contributed by atoms with van der Waals surface area (Å²) in [6, 6.07) is 2.78. The molecule has 8 heteroatoms. The van der Waals surface area contributed by atoms with Gasteiger partial charge in [0.05, 0.1) is 0 Å². The maximum atomic E-state index is 11.1. The summed E-state index contributed by atoms with van der Waals surface area (Å²) in [6.07, 6.45) is 1.34. The van der Waals surface area contributed by atoms with Gasteiger partial charge in [0, 0.05) is 12.1 Å². The Morgan fingerprint density at radius 2 is 2.00 bits per heavy atom. The van der Waals surface area contributed by atoms with Crippen molar-refractivity contribution in [2.45, 2.75) is 10.2 Å². The third-order valence-electron chi connectivity index (χ3n) is 1.60. The second kappa shape index (κ2) is 4.19. The Morgan fingerprint density at radius 3 is 2.69 bits per heavy atom. The van der Waals surface area contributed by atoms with Gasteiger partial charge in [-0.05, 0) is 11.8 Å². The zero-order chi connectivity index (χ0) is 11.5. The fourth-order valence-electron chi connectivity index (χ4n) is 1.01. The maximum Gasteiger partial charge on any atom is 0.253 e. The van der Waals surface area contributed by atoms with Gasteiger partial charge in [-0.3, -0.25) is 4.79 Å². The van der Waals surface area contributed by atoms with E-state index in [2.05, 4.69) is 19.9 Å². The number of nitrogens with zero attached hydrogens (tertiary/aromatic N) is 3. The molecule has 0 saturated heterocycles. The Bertz CT molecular complexity index is 568. The van der Waals surface area contributed by atoms with Gasteiger partial charge in [-0.1, -0.05) is 0 Å². The highest BCUT2D eigenvalue weighted by molar-refractivity contribution is 7.99. The molecule has 0 radical (unpaired) electrons. The molecule has 16 heavy (non-hydrogen) atoms. The monoisotopic (exact) mass is 236 g/mol. The van der Waals surface area contributed by atoms with E-state index in [0.717, 1.165) is 11.8 Å². The molecule has 0 aliphatic carbocycles. The smallest absolute Gasteiger partial charge is 0.253 e. The van der Waals surface area contributed by atoms with Gasteiger partial charge < -0.3 is 16.5 Å². The SMILES string of the molecule is Nc1cc(Sc2nc(N)cc(=O)[nH]2)ncn1. The third kappa shape index (κ3) is 2.48. The van der Waals surface area contributed by atoms with Gasteiger partial charge in [0.25, 0.3) is 5.56 Å². The molecule has 2 aromatic heterocycles. The normalized spacial score (nSPS) is 10.2. The predicted octanol–water partition coefficient (Wildman–Crippen LogP) is -0.125. The van der Waals surface area contributed by atoms with Gasteiger partial charge >= 0.3 is 0 Å². The van der Waals surface area contributed by atoms with Crippen molar-refractivity contribution in [2.75, 3.05) is 11.5 Å². The maximum absolute atomic E-state index is 11.1. The molecule has 2 rings (SSSR count). The van der Waals surface area contributed by atoms with Crippen LogP contribution in [0.4, 0.5) is 11.6 Å². The molecule has 0 bridgehead atoms. The first-order chi connectivity index (χ1) is 7.63. The van der Waals surface area contributed by atoms with Crippen molar-refractivity contribution in [2.24, 2.45) is 0 Å². The van der Waals surface area contributed by atoms with Crippen molar-refractivity contribution < 1.29 is 0 Å². The predicted molar refractivity (Wildman–Crippen MR) is 59.8 cm³/mol. The molecule has 0 aliphatic heterocycles. The van der Waals surface area contributed by atoms with Crippen molar-refractivity contribution in [3.8, 4) is 0 Å². The molecule has 0 saturated carbocycles. The zero-order valence-electron chi connectivity index (χ0n) is 8.04. The number of H-pyrrole nitrogens is 1. The van der Waals surface area contributed by atoms with Crippen LogP contribution in [0.2, 0.25) is 0 Å². The Morgan fingerprint density at radius 1 is 1.19 bits per heavy atom. The van der Waals surface area contributed by atoms with E-state index in [1.807, 2.05) is 0 Å². The zero-order valence-corrected chi connectivity index (χ0v) is 8.86. The largest absolute Gasteiger partial charge is 0.384 e. The molecule has 82 valence electrons. The Hall–Kier alpha value is -2.09. The lowest BCUT2D eigenvalue weighted by Crippen LogP contribution is -2.09. The number of aromatic amines is 1. The minimum absolute atomic E-state index is 0.160. The molecular weight excluding hydrogens is 228 g/mol. The fourth-order valence-corrected chi connectivity index (χ4v) is 1.79. The molecule has 0 aromatic carbocycles. The highest BCUT2D eigenvalue weighted by Crippen LogP contribution is 2.22. The van der Waals surface area contributed by atoms with E-state index in [4.69, 9.17) is 11.5 Å². The van der Waals surface area contributed by atoms with E-state index in [1.54, 1.807) is 6.07 Å². The molecule has 0 amide bonds. The number of aromatic nitrogens is 4. The van der Waals surface area contributed by atoms with E-state index in [0.29, 0.717) is 16.0 Å².